The Morgan fingerprint density at radius 1 is 1.34 bits per heavy atom. The summed E-state index contributed by atoms with van der Waals surface area (Å²) in [6.07, 6.45) is 2.29. The molecule has 1 aromatic carbocycles. The van der Waals surface area contributed by atoms with Crippen molar-refractivity contribution < 1.29 is 19.0 Å². The van der Waals surface area contributed by atoms with Crippen LogP contribution in [-0.4, -0.2) is 22.7 Å². The molecular weight excluding hydrogens is 392 g/mol. The van der Waals surface area contributed by atoms with Gasteiger partial charge in [0.05, 0.1) is 10.9 Å². The van der Waals surface area contributed by atoms with E-state index in [9.17, 15) is 9.59 Å². The van der Waals surface area contributed by atoms with Crippen LogP contribution < -0.4 is 15.0 Å². The minimum Gasteiger partial charge on any atom is -0.454 e. The molecule has 150 valence electrons. The SMILES string of the molecule is C[C@@H]1CCc2c(sc3nc([C@H](C)OC(=O)c4ccc5c(c4)OCO5)[nH]c(=O)c23)C1. The first-order valence-electron chi connectivity index (χ1n) is 9.64. The number of benzene rings is 1. The zero-order chi connectivity index (χ0) is 20.1. The molecule has 0 spiro atoms. The number of fused-ring (bicyclic) bond motifs is 4. The normalized spacial score (nSPS) is 18.5. The van der Waals surface area contributed by atoms with Crippen LogP contribution in [0.25, 0.3) is 10.2 Å². The van der Waals surface area contributed by atoms with E-state index < -0.39 is 12.1 Å². The number of nitrogens with one attached hydrogen (secondary N) is 1. The third-order valence-electron chi connectivity index (χ3n) is 5.46. The molecule has 7 nitrogen and oxygen atoms in total. The molecule has 0 bridgehead atoms. The van der Waals surface area contributed by atoms with E-state index in [1.165, 1.54) is 4.88 Å². The third kappa shape index (κ3) is 3.17. The third-order valence-corrected chi connectivity index (χ3v) is 6.61. The number of aryl methyl sites for hydroxylation is 1. The minimum atomic E-state index is -0.692. The summed E-state index contributed by atoms with van der Waals surface area (Å²) in [5, 5.41) is 0.690. The number of esters is 1. The number of ether oxygens (including phenoxy) is 3. The van der Waals surface area contributed by atoms with Crippen molar-refractivity contribution in [2.45, 2.75) is 39.2 Å². The first-order chi connectivity index (χ1) is 14.0. The van der Waals surface area contributed by atoms with Crippen LogP contribution in [0.5, 0.6) is 11.5 Å². The summed E-state index contributed by atoms with van der Waals surface area (Å²) in [6, 6.07) is 4.88. The molecule has 2 aromatic heterocycles. The van der Waals surface area contributed by atoms with E-state index in [0.29, 0.717) is 39.0 Å². The van der Waals surface area contributed by atoms with Crippen LogP contribution in [0.3, 0.4) is 0 Å². The highest BCUT2D eigenvalue weighted by molar-refractivity contribution is 7.18. The summed E-state index contributed by atoms with van der Waals surface area (Å²) in [5.74, 6) is 1.57. The molecule has 8 heteroatoms. The molecular formula is C21H20N2O5S. The Morgan fingerprint density at radius 3 is 3.03 bits per heavy atom. The first-order valence-corrected chi connectivity index (χ1v) is 10.5. The monoisotopic (exact) mass is 412 g/mol. The van der Waals surface area contributed by atoms with E-state index in [1.807, 2.05) is 0 Å². The minimum absolute atomic E-state index is 0.138. The quantitative estimate of drug-likeness (QED) is 0.659. The molecule has 0 radical (unpaired) electrons. The van der Waals surface area contributed by atoms with Crippen molar-refractivity contribution in [2.75, 3.05) is 6.79 Å². The van der Waals surface area contributed by atoms with E-state index in [2.05, 4.69) is 16.9 Å². The van der Waals surface area contributed by atoms with Crippen molar-refractivity contribution in [3.63, 3.8) is 0 Å². The summed E-state index contributed by atoms with van der Waals surface area (Å²) >= 11 is 1.58. The predicted molar refractivity (Wildman–Crippen MR) is 108 cm³/mol. The van der Waals surface area contributed by atoms with E-state index >= 15 is 0 Å². The highest BCUT2D eigenvalue weighted by Gasteiger charge is 2.25. The molecule has 3 aromatic rings. The van der Waals surface area contributed by atoms with Crippen molar-refractivity contribution in [3.05, 3.63) is 50.4 Å². The maximum Gasteiger partial charge on any atom is 0.338 e. The summed E-state index contributed by atoms with van der Waals surface area (Å²) in [6.45, 7) is 4.07. The van der Waals surface area contributed by atoms with Crippen molar-refractivity contribution in [1.29, 1.82) is 0 Å². The number of carbonyl (C=O) groups excluding carboxylic acids is 1. The fourth-order valence-corrected chi connectivity index (χ4v) is 5.26. The van der Waals surface area contributed by atoms with Gasteiger partial charge < -0.3 is 19.2 Å². The molecule has 0 unspecified atom stereocenters. The molecule has 1 aliphatic heterocycles. The van der Waals surface area contributed by atoms with Gasteiger partial charge in [0.1, 0.15) is 4.83 Å². The Balaban J connectivity index is 1.41. The maximum atomic E-state index is 12.7. The van der Waals surface area contributed by atoms with Crippen molar-refractivity contribution in [2.24, 2.45) is 5.92 Å². The van der Waals surface area contributed by atoms with Gasteiger partial charge in [-0.15, -0.1) is 11.3 Å². The summed E-state index contributed by atoms with van der Waals surface area (Å²) in [5.41, 5.74) is 1.32. The highest BCUT2D eigenvalue weighted by atomic mass is 32.1. The molecule has 2 atom stereocenters. The molecule has 1 N–H and O–H groups in total. The molecule has 0 fully saturated rings. The van der Waals surface area contributed by atoms with Gasteiger partial charge in [0.25, 0.3) is 5.56 Å². The van der Waals surface area contributed by atoms with Crippen LogP contribution in [0.15, 0.2) is 23.0 Å². The topological polar surface area (TPSA) is 90.5 Å². The average Bonchev–Trinajstić information content (AvgIpc) is 3.30. The number of aromatic amines is 1. The summed E-state index contributed by atoms with van der Waals surface area (Å²) in [7, 11) is 0. The average molecular weight is 412 g/mol. The van der Waals surface area contributed by atoms with E-state index in [1.54, 1.807) is 36.5 Å². The number of thiophene rings is 1. The summed E-state index contributed by atoms with van der Waals surface area (Å²) < 4.78 is 16.1. The fraction of sp³-hybridized carbons (Fsp3) is 0.381. The van der Waals surface area contributed by atoms with Crippen LogP contribution in [-0.2, 0) is 17.6 Å². The molecule has 0 saturated carbocycles. The highest BCUT2D eigenvalue weighted by Crippen LogP contribution is 2.36. The lowest BCUT2D eigenvalue weighted by atomic mass is 9.89. The van der Waals surface area contributed by atoms with E-state index in [-0.39, 0.29) is 12.4 Å². The van der Waals surface area contributed by atoms with Crippen LogP contribution >= 0.6 is 11.3 Å². The zero-order valence-electron chi connectivity index (χ0n) is 16.1. The Morgan fingerprint density at radius 2 is 2.17 bits per heavy atom. The second kappa shape index (κ2) is 6.88. The van der Waals surface area contributed by atoms with Crippen LogP contribution in [0.4, 0.5) is 0 Å². The maximum absolute atomic E-state index is 12.7. The predicted octanol–water partition coefficient (Wildman–Crippen LogP) is 3.76. The number of carbonyl (C=O) groups is 1. The smallest absolute Gasteiger partial charge is 0.338 e. The zero-order valence-corrected chi connectivity index (χ0v) is 16.9. The van der Waals surface area contributed by atoms with Gasteiger partial charge in [-0.1, -0.05) is 6.92 Å². The second-order valence-corrected chi connectivity index (χ2v) is 8.68. The number of aromatic nitrogens is 2. The molecule has 2 aliphatic rings. The lowest BCUT2D eigenvalue weighted by molar-refractivity contribution is 0.0319. The van der Waals surface area contributed by atoms with E-state index in [0.717, 1.165) is 24.8 Å². The van der Waals surface area contributed by atoms with E-state index in [4.69, 9.17) is 14.2 Å². The number of rotatable bonds is 3. The van der Waals surface area contributed by atoms with Gasteiger partial charge in [0.2, 0.25) is 6.79 Å². The molecule has 3 heterocycles. The largest absolute Gasteiger partial charge is 0.454 e. The Labute approximate surface area is 170 Å². The van der Waals surface area contributed by atoms with Crippen molar-refractivity contribution >= 4 is 27.5 Å². The van der Waals surface area contributed by atoms with Crippen molar-refractivity contribution in [1.82, 2.24) is 9.97 Å². The van der Waals surface area contributed by atoms with Crippen molar-refractivity contribution in [3.8, 4) is 11.5 Å². The van der Waals surface area contributed by atoms with Crippen LogP contribution in [0, 0.1) is 5.92 Å². The van der Waals surface area contributed by atoms with Crippen LogP contribution in [0.2, 0.25) is 0 Å². The lowest BCUT2D eigenvalue weighted by Crippen LogP contribution is -2.18. The molecule has 5 rings (SSSR count). The molecule has 0 amide bonds. The van der Waals surface area contributed by atoms with Gasteiger partial charge in [-0.2, -0.15) is 0 Å². The fourth-order valence-electron chi connectivity index (χ4n) is 3.87. The summed E-state index contributed by atoms with van der Waals surface area (Å²) in [4.78, 5) is 34.7. The van der Waals surface area contributed by atoms with Gasteiger partial charge in [0.15, 0.2) is 23.4 Å². The Kier molecular flexibility index (Phi) is 4.31. The van der Waals surface area contributed by atoms with Gasteiger partial charge in [-0.05, 0) is 55.9 Å². The van der Waals surface area contributed by atoms with Gasteiger partial charge in [-0.25, -0.2) is 9.78 Å². The van der Waals surface area contributed by atoms with Gasteiger partial charge in [0, 0.05) is 4.88 Å². The number of hydrogen-bond acceptors (Lipinski definition) is 7. The van der Waals surface area contributed by atoms with Gasteiger partial charge in [-0.3, -0.25) is 4.79 Å². The standard InChI is InChI=1S/C21H20N2O5S/c1-10-3-5-13-16(7-10)29-20-17(13)19(24)22-18(23-20)11(2)28-21(25)12-4-6-14-15(8-12)27-9-26-14/h4,6,8,10-11H,3,5,7,9H2,1-2H3,(H,22,23,24)/t10-,11+/m1/s1. The molecule has 1 aliphatic carbocycles. The van der Waals surface area contributed by atoms with Crippen LogP contribution in [0.1, 0.15) is 53.0 Å². The lowest BCUT2D eigenvalue weighted by Gasteiger charge is -2.17. The first kappa shape index (κ1) is 18.2. The number of H-pyrrole nitrogens is 1. The second-order valence-electron chi connectivity index (χ2n) is 7.60. The number of nitrogens with zero attached hydrogens (tertiary/aromatic N) is 1. The number of hydrogen-bond donors (Lipinski definition) is 1. The molecule has 0 saturated heterocycles. The Bertz CT molecular complexity index is 1180. The van der Waals surface area contributed by atoms with Gasteiger partial charge >= 0.3 is 5.97 Å². The molecule has 29 heavy (non-hydrogen) atoms. The Hall–Kier alpha value is -2.87.